The van der Waals surface area contributed by atoms with E-state index in [4.69, 9.17) is 9.59 Å². The summed E-state index contributed by atoms with van der Waals surface area (Å²) in [6, 6.07) is 6.90. The van der Waals surface area contributed by atoms with E-state index in [2.05, 4.69) is 31.7 Å². The lowest BCUT2D eigenvalue weighted by Crippen LogP contribution is -2.09. The highest BCUT2D eigenvalue weighted by atomic mass is 79.9. The Morgan fingerprint density at radius 3 is 2.44 bits per heavy atom. The van der Waals surface area contributed by atoms with E-state index in [1.807, 2.05) is 13.8 Å². The van der Waals surface area contributed by atoms with Gasteiger partial charge < -0.3 is 4.74 Å². The minimum absolute atomic E-state index is 0.00405. The van der Waals surface area contributed by atoms with Crippen LogP contribution in [0.25, 0.3) is 5.69 Å². The Morgan fingerprint density at radius 2 is 1.96 bits per heavy atom. The number of hydrogen-bond donors (Lipinski definition) is 0. The number of nitriles is 1. The molecule has 1 aromatic heterocycles. The number of aromatic nitrogens is 2. The van der Waals surface area contributed by atoms with Gasteiger partial charge in [-0.3, -0.25) is 4.57 Å². The molecule has 6 nitrogen and oxygen atoms in total. The minimum Gasteiger partial charge on any atom is -0.433 e. The Bertz CT molecular complexity index is 810. The average Bonchev–Trinajstić information content (AvgIpc) is 2.92. The average molecular weight is 414 g/mol. The van der Waals surface area contributed by atoms with Crippen molar-refractivity contribution in [3.05, 3.63) is 39.9 Å². The summed E-state index contributed by atoms with van der Waals surface area (Å²) in [7, 11) is 0. The standard InChI is InChI=1S/C15H14BrF2N3O.CO2/c1-3-10-12(8-19)21(14(4-2)20-10)11-6-5-9(16)7-13(11)22-15(17)18;2-1-3/h5-7,15H,3-4H2,1-2H3;. The van der Waals surface area contributed by atoms with Gasteiger partial charge in [0.15, 0.2) is 5.75 Å². The van der Waals surface area contributed by atoms with Crippen LogP contribution in [0, 0.1) is 11.3 Å². The van der Waals surface area contributed by atoms with Gasteiger partial charge in [0.2, 0.25) is 0 Å². The molecule has 0 bridgehead atoms. The van der Waals surface area contributed by atoms with Gasteiger partial charge in [0.1, 0.15) is 17.6 Å². The third-order valence-electron chi connectivity index (χ3n) is 3.15. The molecule has 2 rings (SSSR count). The lowest BCUT2D eigenvalue weighted by Gasteiger charge is -2.14. The number of imidazole rings is 1. The van der Waals surface area contributed by atoms with Crippen molar-refractivity contribution in [1.29, 1.82) is 5.26 Å². The smallest absolute Gasteiger partial charge is 0.387 e. The van der Waals surface area contributed by atoms with E-state index in [9.17, 15) is 14.0 Å². The molecule has 0 radical (unpaired) electrons. The summed E-state index contributed by atoms with van der Waals surface area (Å²) in [5.41, 5.74) is 1.37. The Kier molecular flexibility index (Phi) is 7.92. The normalized spacial score (nSPS) is 9.80. The quantitative estimate of drug-likeness (QED) is 0.746. The summed E-state index contributed by atoms with van der Waals surface area (Å²) in [5.74, 6) is 0.630. The lowest BCUT2D eigenvalue weighted by atomic mass is 10.2. The fourth-order valence-electron chi connectivity index (χ4n) is 2.24. The van der Waals surface area contributed by atoms with E-state index >= 15 is 0 Å². The molecule has 0 N–H and O–H groups in total. The van der Waals surface area contributed by atoms with Crippen molar-refractivity contribution in [1.82, 2.24) is 9.55 Å². The number of aryl methyl sites for hydroxylation is 2. The molecule has 0 amide bonds. The summed E-state index contributed by atoms with van der Waals surface area (Å²) in [4.78, 5) is 20.7. The maximum absolute atomic E-state index is 12.7. The monoisotopic (exact) mass is 413 g/mol. The van der Waals surface area contributed by atoms with Gasteiger partial charge in [0.25, 0.3) is 0 Å². The van der Waals surface area contributed by atoms with E-state index in [0.717, 1.165) is 0 Å². The second-order valence-electron chi connectivity index (χ2n) is 4.55. The molecule has 0 saturated heterocycles. The number of alkyl halides is 2. The second kappa shape index (κ2) is 9.67. The van der Waals surface area contributed by atoms with E-state index in [1.165, 1.54) is 6.07 Å². The highest BCUT2D eigenvalue weighted by Crippen LogP contribution is 2.31. The molecule has 0 unspecified atom stereocenters. The highest BCUT2D eigenvalue weighted by Gasteiger charge is 2.20. The Morgan fingerprint density at radius 1 is 1.32 bits per heavy atom. The molecule has 0 aliphatic carbocycles. The van der Waals surface area contributed by atoms with Crippen LogP contribution in [0.1, 0.15) is 31.1 Å². The van der Waals surface area contributed by atoms with Gasteiger partial charge in [-0.25, -0.2) is 4.98 Å². The first-order valence-electron chi connectivity index (χ1n) is 7.17. The molecule has 9 heteroatoms. The second-order valence-corrected chi connectivity index (χ2v) is 5.47. The van der Waals surface area contributed by atoms with Gasteiger partial charge in [-0.05, 0) is 24.6 Å². The van der Waals surface area contributed by atoms with Crippen molar-refractivity contribution >= 4 is 22.1 Å². The molecule has 0 aliphatic rings. The molecule has 0 aliphatic heterocycles. The van der Waals surface area contributed by atoms with Gasteiger partial charge in [-0.2, -0.15) is 23.6 Å². The maximum Gasteiger partial charge on any atom is 0.387 e. The molecule has 132 valence electrons. The maximum atomic E-state index is 12.7. The molecule has 0 fully saturated rings. The van der Waals surface area contributed by atoms with Crippen LogP contribution in [0.5, 0.6) is 5.75 Å². The number of halogens is 3. The largest absolute Gasteiger partial charge is 0.433 e. The van der Waals surface area contributed by atoms with Crippen molar-refractivity contribution in [2.24, 2.45) is 0 Å². The first-order valence-corrected chi connectivity index (χ1v) is 7.97. The third kappa shape index (κ3) is 4.95. The van der Waals surface area contributed by atoms with Crippen molar-refractivity contribution < 1.29 is 23.1 Å². The van der Waals surface area contributed by atoms with Crippen molar-refractivity contribution in [2.75, 3.05) is 0 Å². The number of rotatable bonds is 5. The fraction of sp³-hybridized carbons (Fsp3) is 0.312. The first kappa shape index (κ1) is 20.5. The third-order valence-corrected chi connectivity index (χ3v) is 3.65. The van der Waals surface area contributed by atoms with Crippen molar-refractivity contribution in [2.45, 2.75) is 33.3 Å². The van der Waals surface area contributed by atoms with Crippen LogP contribution in [0.3, 0.4) is 0 Å². The Labute approximate surface area is 151 Å². The number of nitrogens with zero attached hydrogens (tertiary/aromatic N) is 3. The number of ether oxygens (including phenoxy) is 1. The van der Waals surface area contributed by atoms with Crippen molar-refractivity contribution in [3.63, 3.8) is 0 Å². The van der Waals surface area contributed by atoms with E-state index in [1.54, 1.807) is 16.7 Å². The van der Waals surface area contributed by atoms with Gasteiger partial charge in [0.05, 0.1) is 11.4 Å². The zero-order valence-electron chi connectivity index (χ0n) is 13.4. The molecule has 1 heterocycles. The van der Waals surface area contributed by atoms with Crippen LogP contribution in [-0.2, 0) is 22.4 Å². The summed E-state index contributed by atoms with van der Waals surface area (Å²) in [6.45, 7) is 0.842. The highest BCUT2D eigenvalue weighted by molar-refractivity contribution is 9.10. The van der Waals surface area contributed by atoms with Crippen LogP contribution in [-0.4, -0.2) is 22.3 Å². The molecule has 0 atom stereocenters. The van der Waals surface area contributed by atoms with Gasteiger partial charge in [-0.15, -0.1) is 0 Å². The zero-order valence-corrected chi connectivity index (χ0v) is 15.0. The molecule has 2 aromatic rings. The van der Waals surface area contributed by atoms with E-state index in [0.29, 0.717) is 40.2 Å². The van der Waals surface area contributed by atoms with Crippen LogP contribution in [0.2, 0.25) is 0 Å². The fourth-order valence-corrected chi connectivity index (χ4v) is 2.58. The summed E-state index contributed by atoms with van der Waals surface area (Å²) < 4.78 is 32.1. The molecule has 0 saturated carbocycles. The van der Waals surface area contributed by atoms with Crippen LogP contribution < -0.4 is 4.74 Å². The molecular formula is C16H14BrF2N3O3. The molecule has 25 heavy (non-hydrogen) atoms. The summed E-state index contributed by atoms with van der Waals surface area (Å²) in [5, 5.41) is 9.42. The van der Waals surface area contributed by atoms with Gasteiger partial charge >= 0.3 is 12.8 Å². The molecular weight excluding hydrogens is 400 g/mol. The zero-order chi connectivity index (χ0) is 19.0. The van der Waals surface area contributed by atoms with Gasteiger partial charge in [0, 0.05) is 10.9 Å². The summed E-state index contributed by atoms with van der Waals surface area (Å²) in [6.07, 6.45) is 1.41. The van der Waals surface area contributed by atoms with Crippen LogP contribution in [0.15, 0.2) is 22.7 Å². The predicted octanol–water partition coefficient (Wildman–Crippen LogP) is 3.65. The number of hydrogen-bond acceptors (Lipinski definition) is 5. The number of benzene rings is 1. The van der Waals surface area contributed by atoms with Crippen LogP contribution in [0.4, 0.5) is 8.78 Å². The SMILES string of the molecule is CCc1nc(CC)n(-c2ccc(Br)cc2OC(F)F)c1C#N.O=C=O. The minimum atomic E-state index is -2.95. The lowest BCUT2D eigenvalue weighted by molar-refractivity contribution is -0.191. The predicted molar refractivity (Wildman–Crippen MR) is 86.4 cm³/mol. The Hall–Kier alpha value is -2.56. The molecule has 0 spiro atoms. The Balaban J connectivity index is 0.000000970. The van der Waals surface area contributed by atoms with Crippen LogP contribution >= 0.6 is 15.9 Å². The van der Waals surface area contributed by atoms with Crippen molar-refractivity contribution in [3.8, 4) is 17.5 Å². The molecule has 1 aromatic carbocycles. The first-order chi connectivity index (χ1) is 11.9. The van der Waals surface area contributed by atoms with Gasteiger partial charge in [-0.1, -0.05) is 29.8 Å². The number of carbonyl (C=O) groups excluding carboxylic acids is 2. The van der Waals surface area contributed by atoms with E-state index < -0.39 is 6.61 Å². The summed E-state index contributed by atoms with van der Waals surface area (Å²) >= 11 is 3.23. The topological polar surface area (TPSA) is 85.0 Å². The van der Waals surface area contributed by atoms with E-state index in [-0.39, 0.29) is 11.9 Å².